The van der Waals surface area contributed by atoms with E-state index in [0.29, 0.717) is 17.5 Å². The molecule has 0 bridgehead atoms. The van der Waals surface area contributed by atoms with Crippen molar-refractivity contribution in [2.45, 2.75) is 24.9 Å². The number of fused-ring (bicyclic) bond motifs is 1. The van der Waals surface area contributed by atoms with Gasteiger partial charge in [-0.05, 0) is 66.8 Å². The van der Waals surface area contributed by atoms with Crippen LogP contribution in [0.4, 0.5) is 17.6 Å². The fourth-order valence-electron chi connectivity index (χ4n) is 4.57. The van der Waals surface area contributed by atoms with E-state index >= 15 is 0 Å². The third kappa shape index (κ3) is 4.22. The van der Waals surface area contributed by atoms with Crippen LogP contribution in [-0.2, 0) is 6.18 Å². The zero-order valence-corrected chi connectivity index (χ0v) is 18.6. The monoisotopic (exact) mass is 487 g/mol. The summed E-state index contributed by atoms with van der Waals surface area (Å²) >= 11 is 0. The van der Waals surface area contributed by atoms with Crippen LogP contribution in [0.1, 0.15) is 40.5 Å². The van der Waals surface area contributed by atoms with Crippen LogP contribution in [0, 0.1) is 5.82 Å². The van der Waals surface area contributed by atoms with Crippen molar-refractivity contribution in [2.75, 3.05) is 20.2 Å². The molecule has 2 aromatic heterocycles. The molecule has 1 aliphatic rings. The number of piperidine rings is 1. The third-order valence-electron chi connectivity index (χ3n) is 6.36. The number of hydrogen-bond donors (Lipinski definition) is 1. The molecule has 3 heterocycles. The second kappa shape index (κ2) is 8.71. The van der Waals surface area contributed by atoms with Crippen molar-refractivity contribution in [1.82, 2.24) is 24.9 Å². The number of benzene rings is 2. The molecule has 7 nitrogen and oxygen atoms in total. The van der Waals surface area contributed by atoms with Gasteiger partial charge in [0, 0.05) is 30.2 Å². The highest BCUT2D eigenvalue weighted by Crippen LogP contribution is 2.37. The van der Waals surface area contributed by atoms with Crippen molar-refractivity contribution in [3.8, 4) is 11.4 Å². The molecule has 0 saturated carbocycles. The number of aromatic amines is 1. The molecule has 0 spiro atoms. The van der Waals surface area contributed by atoms with E-state index in [4.69, 9.17) is 4.74 Å². The lowest BCUT2D eigenvalue weighted by Gasteiger charge is -2.31. The highest BCUT2D eigenvalue weighted by Gasteiger charge is 2.43. The average molecular weight is 487 g/mol. The molecule has 35 heavy (non-hydrogen) atoms. The molecule has 4 aromatic rings. The molecule has 1 fully saturated rings. The smallest absolute Gasteiger partial charge is 0.435 e. The molecule has 1 saturated heterocycles. The molecule has 182 valence electrons. The number of likely N-dealkylation sites (tertiary alicyclic amines) is 1. The quantitative estimate of drug-likeness (QED) is 0.414. The molecule has 5 rings (SSSR count). The van der Waals surface area contributed by atoms with E-state index < -0.39 is 29.3 Å². The third-order valence-corrected chi connectivity index (χ3v) is 6.36. The van der Waals surface area contributed by atoms with E-state index in [0.717, 1.165) is 46.5 Å². The number of aromatic nitrogens is 4. The van der Waals surface area contributed by atoms with E-state index in [2.05, 4.69) is 15.3 Å². The molecule has 2 aromatic carbocycles. The fraction of sp³-hybridized carbons (Fsp3) is 0.292. The number of alkyl halides is 3. The Morgan fingerprint density at radius 3 is 2.49 bits per heavy atom. The largest absolute Gasteiger partial charge is 0.497 e. The van der Waals surface area contributed by atoms with E-state index in [9.17, 15) is 22.4 Å². The summed E-state index contributed by atoms with van der Waals surface area (Å²) in [6, 6.07) is 10.1. The van der Waals surface area contributed by atoms with Crippen LogP contribution in [0.15, 0.2) is 48.7 Å². The van der Waals surface area contributed by atoms with Gasteiger partial charge in [-0.15, -0.1) is 5.10 Å². The van der Waals surface area contributed by atoms with Crippen molar-refractivity contribution >= 4 is 16.8 Å². The van der Waals surface area contributed by atoms with Crippen molar-refractivity contribution in [3.63, 3.8) is 0 Å². The van der Waals surface area contributed by atoms with E-state index in [-0.39, 0.29) is 24.7 Å². The van der Waals surface area contributed by atoms with Crippen LogP contribution >= 0.6 is 0 Å². The van der Waals surface area contributed by atoms with Crippen molar-refractivity contribution < 1.29 is 27.1 Å². The van der Waals surface area contributed by atoms with Gasteiger partial charge in [-0.2, -0.15) is 13.2 Å². The van der Waals surface area contributed by atoms with Gasteiger partial charge in [0.25, 0.3) is 5.91 Å². The number of ether oxygens (including phenoxy) is 1. The minimum absolute atomic E-state index is 0.0428. The standard InChI is InChI=1S/C24H21F4N5O2/c1-35-17-6-7-20-18(12-17)19(13-29-20)14-8-10-32(11-9-14)23(34)21-22(24(26,27)28)33(31-30-21)16-4-2-15(25)3-5-16/h2-7,12-14,29H,8-11H2,1H3. The Hall–Kier alpha value is -3.89. The lowest BCUT2D eigenvalue weighted by Crippen LogP contribution is -2.39. The molecule has 0 unspecified atom stereocenters. The summed E-state index contributed by atoms with van der Waals surface area (Å²) in [4.78, 5) is 17.7. The van der Waals surface area contributed by atoms with Gasteiger partial charge >= 0.3 is 6.18 Å². The molecule has 0 radical (unpaired) electrons. The first kappa shape index (κ1) is 22.9. The van der Waals surface area contributed by atoms with Crippen molar-refractivity contribution in [3.05, 3.63) is 71.4 Å². The summed E-state index contributed by atoms with van der Waals surface area (Å²) in [5.74, 6) is -0.563. The second-order valence-electron chi connectivity index (χ2n) is 8.39. The molecule has 0 aliphatic carbocycles. The zero-order valence-electron chi connectivity index (χ0n) is 18.6. The Morgan fingerprint density at radius 2 is 1.83 bits per heavy atom. The number of hydrogen-bond acceptors (Lipinski definition) is 4. The van der Waals surface area contributed by atoms with Gasteiger partial charge in [0.1, 0.15) is 11.6 Å². The molecule has 1 N–H and O–H groups in total. The first-order valence-electron chi connectivity index (χ1n) is 11.0. The summed E-state index contributed by atoms with van der Waals surface area (Å²) in [6.45, 7) is 0.557. The van der Waals surface area contributed by atoms with Gasteiger partial charge in [-0.1, -0.05) is 5.21 Å². The maximum Gasteiger partial charge on any atom is 0.435 e. The molecule has 11 heteroatoms. The minimum Gasteiger partial charge on any atom is -0.497 e. The first-order chi connectivity index (χ1) is 16.8. The first-order valence-corrected chi connectivity index (χ1v) is 11.0. The van der Waals surface area contributed by atoms with Gasteiger partial charge in [0.05, 0.1) is 12.8 Å². The van der Waals surface area contributed by atoms with E-state index in [1.807, 2.05) is 24.4 Å². The van der Waals surface area contributed by atoms with Crippen LogP contribution in [0.5, 0.6) is 5.75 Å². The van der Waals surface area contributed by atoms with Gasteiger partial charge < -0.3 is 14.6 Å². The number of halogens is 4. The molecule has 1 aliphatic heterocycles. The summed E-state index contributed by atoms with van der Waals surface area (Å²) < 4.78 is 60.9. The lowest BCUT2D eigenvalue weighted by molar-refractivity contribution is -0.143. The number of nitrogens with one attached hydrogen (secondary N) is 1. The van der Waals surface area contributed by atoms with Crippen LogP contribution in [0.2, 0.25) is 0 Å². The van der Waals surface area contributed by atoms with Gasteiger partial charge in [-0.25, -0.2) is 9.07 Å². The normalized spacial score (nSPS) is 15.1. The van der Waals surface area contributed by atoms with Crippen LogP contribution in [-0.4, -0.2) is 51.0 Å². The SMILES string of the molecule is COc1ccc2[nH]cc(C3CCN(C(=O)c4nnn(-c5ccc(F)cc5)c4C(F)(F)F)CC3)c2c1. The molecule has 1 amide bonds. The minimum atomic E-state index is -4.88. The highest BCUT2D eigenvalue weighted by atomic mass is 19.4. The number of H-pyrrole nitrogens is 1. The van der Waals surface area contributed by atoms with E-state index in [1.54, 1.807) is 7.11 Å². The predicted octanol–water partition coefficient (Wildman–Crippen LogP) is 4.93. The van der Waals surface area contributed by atoms with E-state index in [1.165, 1.54) is 4.90 Å². The maximum absolute atomic E-state index is 13.9. The second-order valence-corrected chi connectivity index (χ2v) is 8.39. The Labute approximate surface area is 197 Å². The van der Waals surface area contributed by atoms with Gasteiger partial charge in [-0.3, -0.25) is 4.79 Å². The predicted molar refractivity (Wildman–Crippen MR) is 119 cm³/mol. The summed E-state index contributed by atoms with van der Waals surface area (Å²) in [5, 5.41) is 8.16. The van der Waals surface area contributed by atoms with Gasteiger partial charge in [0.2, 0.25) is 0 Å². The van der Waals surface area contributed by atoms with Crippen LogP contribution in [0.3, 0.4) is 0 Å². The molecule has 0 atom stereocenters. The molecular weight excluding hydrogens is 466 g/mol. The Balaban J connectivity index is 1.38. The number of carbonyl (C=O) groups is 1. The Kier molecular flexibility index (Phi) is 5.70. The van der Waals surface area contributed by atoms with Crippen LogP contribution < -0.4 is 4.74 Å². The zero-order chi connectivity index (χ0) is 24.7. The maximum atomic E-state index is 13.9. The van der Waals surface area contributed by atoms with Gasteiger partial charge in [0.15, 0.2) is 11.4 Å². The Bertz CT molecular complexity index is 1370. The number of carbonyl (C=O) groups excluding carboxylic acids is 1. The Morgan fingerprint density at radius 1 is 1.11 bits per heavy atom. The fourth-order valence-corrected chi connectivity index (χ4v) is 4.57. The van der Waals surface area contributed by atoms with Crippen LogP contribution in [0.25, 0.3) is 16.6 Å². The highest BCUT2D eigenvalue weighted by molar-refractivity contribution is 5.93. The number of methoxy groups -OCH3 is 1. The summed E-state index contributed by atoms with van der Waals surface area (Å²) in [6.07, 6.45) is -1.78. The summed E-state index contributed by atoms with van der Waals surface area (Å²) in [5.41, 5.74) is -0.0356. The summed E-state index contributed by atoms with van der Waals surface area (Å²) in [7, 11) is 1.60. The number of rotatable bonds is 4. The topological polar surface area (TPSA) is 76.0 Å². The molecular formula is C24H21F4N5O2. The lowest BCUT2D eigenvalue weighted by atomic mass is 9.89. The number of nitrogens with zero attached hydrogens (tertiary/aromatic N) is 4. The number of amides is 1. The van der Waals surface area contributed by atoms with Crippen molar-refractivity contribution in [1.29, 1.82) is 0 Å². The van der Waals surface area contributed by atoms with Crippen molar-refractivity contribution in [2.24, 2.45) is 0 Å². The average Bonchev–Trinajstić information content (AvgIpc) is 3.48.